The highest BCUT2D eigenvalue weighted by Gasteiger charge is 2.17. The molecule has 2 aromatic heterocycles. The highest BCUT2D eigenvalue weighted by atomic mass is 16.7. The van der Waals surface area contributed by atoms with Crippen LogP contribution in [0.1, 0.15) is 0 Å². The van der Waals surface area contributed by atoms with Gasteiger partial charge in [0, 0.05) is 23.0 Å². The Bertz CT molecular complexity index is 1090. The molecule has 0 saturated heterocycles. The zero-order valence-corrected chi connectivity index (χ0v) is 14.2. The zero-order chi connectivity index (χ0) is 18.1. The van der Waals surface area contributed by atoms with Gasteiger partial charge in [0.05, 0.1) is 17.6 Å². The summed E-state index contributed by atoms with van der Waals surface area (Å²) in [6, 6.07) is 17.5. The van der Waals surface area contributed by atoms with Crippen molar-refractivity contribution in [2.75, 3.05) is 12.1 Å². The molecule has 0 spiro atoms. The molecule has 5 rings (SSSR count). The maximum absolute atomic E-state index is 5.48. The standard InChI is InChI=1S/C20H15N5O2/c1-2-4-14(5-3-1)23-20-21-9-8-16(24-20)15-11-22-25-19(15)13-6-7-17-18(10-13)27-12-26-17/h1-11H,12H2,(H,22,25)(H,21,23,24). The van der Waals surface area contributed by atoms with Crippen molar-refractivity contribution >= 4 is 11.6 Å². The maximum Gasteiger partial charge on any atom is 0.231 e. The van der Waals surface area contributed by atoms with Crippen molar-refractivity contribution in [1.82, 2.24) is 20.2 Å². The van der Waals surface area contributed by atoms with Crippen LogP contribution in [-0.2, 0) is 0 Å². The number of benzene rings is 2. The van der Waals surface area contributed by atoms with Gasteiger partial charge in [0.15, 0.2) is 11.5 Å². The number of para-hydroxylation sites is 1. The lowest BCUT2D eigenvalue weighted by molar-refractivity contribution is 0.174. The number of anilines is 2. The molecule has 3 heterocycles. The average molecular weight is 357 g/mol. The number of nitrogens with one attached hydrogen (secondary N) is 2. The van der Waals surface area contributed by atoms with Gasteiger partial charge in [0.1, 0.15) is 0 Å². The predicted octanol–water partition coefficient (Wildman–Crippen LogP) is 4.01. The number of aromatic amines is 1. The summed E-state index contributed by atoms with van der Waals surface area (Å²) >= 11 is 0. The molecule has 27 heavy (non-hydrogen) atoms. The molecule has 0 saturated carbocycles. The summed E-state index contributed by atoms with van der Waals surface area (Å²) in [7, 11) is 0. The Hall–Kier alpha value is -3.87. The van der Waals surface area contributed by atoms with Crippen LogP contribution < -0.4 is 14.8 Å². The topological polar surface area (TPSA) is 85.0 Å². The molecule has 0 unspecified atom stereocenters. The van der Waals surface area contributed by atoms with Crippen LogP contribution in [-0.4, -0.2) is 27.0 Å². The van der Waals surface area contributed by atoms with Crippen molar-refractivity contribution in [3.8, 4) is 34.0 Å². The zero-order valence-electron chi connectivity index (χ0n) is 14.2. The number of aromatic nitrogens is 4. The van der Waals surface area contributed by atoms with E-state index < -0.39 is 0 Å². The third kappa shape index (κ3) is 2.95. The predicted molar refractivity (Wildman–Crippen MR) is 101 cm³/mol. The summed E-state index contributed by atoms with van der Waals surface area (Å²) in [6.45, 7) is 0.245. The van der Waals surface area contributed by atoms with Gasteiger partial charge in [0.25, 0.3) is 0 Å². The largest absolute Gasteiger partial charge is 0.454 e. The number of H-pyrrole nitrogens is 1. The van der Waals surface area contributed by atoms with Crippen LogP contribution in [0.3, 0.4) is 0 Å². The van der Waals surface area contributed by atoms with E-state index in [1.54, 1.807) is 12.4 Å². The fourth-order valence-electron chi connectivity index (χ4n) is 2.97. The summed E-state index contributed by atoms with van der Waals surface area (Å²) in [5.41, 5.74) is 4.38. The molecule has 7 heteroatoms. The van der Waals surface area contributed by atoms with Crippen LogP contribution >= 0.6 is 0 Å². The molecule has 132 valence electrons. The molecule has 1 aliphatic rings. The molecule has 1 aliphatic heterocycles. The maximum atomic E-state index is 5.48. The summed E-state index contributed by atoms with van der Waals surface area (Å²) < 4.78 is 10.9. The molecule has 0 fully saturated rings. The fourth-order valence-corrected chi connectivity index (χ4v) is 2.97. The monoisotopic (exact) mass is 357 g/mol. The van der Waals surface area contributed by atoms with Gasteiger partial charge >= 0.3 is 0 Å². The first-order valence-electron chi connectivity index (χ1n) is 8.46. The lowest BCUT2D eigenvalue weighted by Crippen LogP contribution is -1.97. The first kappa shape index (κ1) is 15.4. The van der Waals surface area contributed by atoms with E-state index in [-0.39, 0.29) is 6.79 Å². The van der Waals surface area contributed by atoms with Gasteiger partial charge in [-0.1, -0.05) is 18.2 Å². The van der Waals surface area contributed by atoms with Gasteiger partial charge in [-0.05, 0) is 36.4 Å². The van der Waals surface area contributed by atoms with Crippen molar-refractivity contribution < 1.29 is 9.47 Å². The molecule has 0 aliphatic carbocycles. The molecular weight excluding hydrogens is 342 g/mol. The van der Waals surface area contributed by atoms with Gasteiger partial charge < -0.3 is 14.8 Å². The van der Waals surface area contributed by atoms with E-state index in [1.807, 2.05) is 54.6 Å². The van der Waals surface area contributed by atoms with Gasteiger partial charge in [0.2, 0.25) is 12.7 Å². The van der Waals surface area contributed by atoms with Crippen molar-refractivity contribution in [3.63, 3.8) is 0 Å². The Morgan fingerprint density at radius 2 is 1.85 bits per heavy atom. The summed E-state index contributed by atoms with van der Waals surface area (Å²) in [5, 5.41) is 10.5. The second-order valence-corrected chi connectivity index (χ2v) is 5.98. The van der Waals surface area contributed by atoms with E-state index in [4.69, 9.17) is 9.47 Å². The van der Waals surface area contributed by atoms with Gasteiger partial charge in [-0.15, -0.1) is 0 Å². The number of nitrogens with zero attached hydrogens (tertiary/aromatic N) is 3. The Morgan fingerprint density at radius 3 is 2.78 bits per heavy atom. The van der Waals surface area contributed by atoms with Crippen LogP contribution in [0.15, 0.2) is 67.0 Å². The lowest BCUT2D eigenvalue weighted by Gasteiger charge is -2.07. The van der Waals surface area contributed by atoms with E-state index in [2.05, 4.69) is 25.5 Å². The molecule has 2 N–H and O–H groups in total. The second-order valence-electron chi connectivity index (χ2n) is 5.98. The average Bonchev–Trinajstić information content (AvgIpc) is 3.38. The Labute approximate surface area is 155 Å². The third-order valence-electron chi connectivity index (χ3n) is 4.26. The summed E-state index contributed by atoms with van der Waals surface area (Å²) in [6.07, 6.45) is 3.48. The van der Waals surface area contributed by atoms with E-state index in [9.17, 15) is 0 Å². The Morgan fingerprint density at radius 1 is 0.963 bits per heavy atom. The first-order valence-corrected chi connectivity index (χ1v) is 8.46. The van der Waals surface area contributed by atoms with Gasteiger partial charge in [-0.2, -0.15) is 5.10 Å². The van der Waals surface area contributed by atoms with Gasteiger partial charge in [-0.3, -0.25) is 5.10 Å². The van der Waals surface area contributed by atoms with Crippen LogP contribution in [0.5, 0.6) is 11.5 Å². The number of hydrogen-bond acceptors (Lipinski definition) is 6. The van der Waals surface area contributed by atoms with Crippen molar-refractivity contribution in [3.05, 3.63) is 67.0 Å². The molecule has 0 radical (unpaired) electrons. The molecule has 2 aromatic carbocycles. The summed E-state index contributed by atoms with van der Waals surface area (Å²) in [5.74, 6) is 2.00. The van der Waals surface area contributed by atoms with Crippen LogP contribution in [0.2, 0.25) is 0 Å². The van der Waals surface area contributed by atoms with E-state index >= 15 is 0 Å². The van der Waals surface area contributed by atoms with Crippen molar-refractivity contribution in [2.24, 2.45) is 0 Å². The molecule has 0 atom stereocenters. The fraction of sp³-hybridized carbons (Fsp3) is 0.0500. The molecular formula is C20H15N5O2. The molecule has 0 bridgehead atoms. The number of hydrogen-bond donors (Lipinski definition) is 2. The van der Waals surface area contributed by atoms with Crippen LogP contribution in [0.25, 0.3) is 22.5 Å². The number of ether oxygens (including phenoxy) is 2. The van der Waals surface area contributed by atoms with E-state index in [0.29, 0.717) is 5.95 Å². The number of rotatable bonds is 4. The minimum absolute atomic E-state index is 0.245. The first-order chi connectivity index (χ1) is 13.4. The highest BCUT2D eigenvalue weighted by Crippen LogP contribution is 2.37. The second kappa shape index (κ2) is 6.45. The van der Waals surface area contributed by atoms with Crippen molar-refractivity contribution in [1.29, 1.82) is 0 Å². The van der Waals surface area contributed by atoms with E-state index in [1.165, 1.54) is 0 Å². The smallest absolute Gasteiger partial charge is 0.231 e. The highest BCUT2D eigenvalue weighted by molar-refractivity contribution is 5.80. The SMILES string of the molecule is c1ccc(Nc2nccc(-c3cn[nH]c3-c3ccc4c(c3)OCO4)n2)cc1. The quantitative estimate of drug-likeness (QED) is 0.574. The Kier molecular flexibility index (Phi) is 3.68. The molecule has 0 amide bonds. The number of fused-ring (bicyclic) bond motifs is 1. The van der Waals surface area contributed by atoms with E-state index in [0.717, 1.165) is 39.7 Å². The summed E-state index contributed by atoms with van der Waals surface area (Å²) in [4.78, 5) is 8.94. The molecule has 4 aromatic rings. The van der Waals surface area contributed by atoms with Crippen molar-refractivity contribution in [2.45, 2.75) is 0 Å². The van der Waals surface area contributed by atoms with Gasteiger partial charge in [-0.25, -0.2) is 9.97 Å². The minimum Gasteiger partial charge on any atom is -0.454 e. The minimum atomic E-state index is 0.245. The van der Waals surface area contributed by atoms with Crippen LogP contribution in [0, 0.1) is 0 Å². The third-order valence-corrected chi connectivity index (χ3v) is 4.26. The van der Waals surface area contributed by atoms with Crippen LogP contribution in [0.4, 0.5) is 11.6 Å². The molecule has 7 nitrogen and oxygen atoms in total. The Balaban J connectivity index is 1.50. The lowest BCUT2D eigenvalue weighted by atomic mass is 10.1. The normalized spacial score (nSPS) is 12.1.